The zero-order valence-electron chi connectivity index (χ0n) is 12.5. The van der Waals surface area contributed by atoms with E-state index in [2.05, 4.69) is 40.8 Å². The molecule has 0 saturated carbocycles. The third-order valence-electron chi connectivity index (χ3n) is 3.48. The van der Waals surface area contributed by atoms with Gasteiger partial charge in [0.1, 0.15) is 12.4 Å². The lowest BCUT2D eigenvalue weighted by molar-refractivity contribution is 0.295. The fraction of sp³-hybridized carbons (Fsp3) is 0.438. The molecule has 1 aromatic carbocycles. The lowest BCUT2D eigenvalue weighted by atomic mass is 10.1. The van der Waals surface area contributed by atoms with E-state index in [1.54, 1.807) is 0 Å². The van der Waals surface area contributed by atoms with Crippen LogP contribution in [0.1, 0.15) is 25.1 Å². The van der Waals surface area contributed by atoms with Crippen molar-refractivity contribution >= 4 is 0 Å². The molecular weight excluding hydrogens is 250 g/mol. The number of aromatic nitrogens is 2. The Morgan fingerprint density at radius 3 is 2.70 bits per heavy atom. The number of benzene rings is 1. The van der Waals surface area contributed by atoms with Crippen LogP contribution in [-0.4, -0.2) is 22.6 Å². The van der Waals surface area contributed by atoms with Gasteiger partial charge in [-0.25, -0.2) is 4.98 Å². The second kappa shape index (κ2) is 7.10. The monoisotopic (exact) mass is 273 g/mol. The predicted molar refractivity (Wildman–Crippen MR) is 80.9 cm³/mol. The average Bonchev–Trinajstić information content (AvgIpc) is 2.94. The Balaban J connectivity index is 1.91. The van der Waals surface area contributed by atoms with Crippen molar-refractivity contribution in [1.82, 2.24) is 14.9 Å². The van der Waals surface area contributed by atoms with Gasteiger partial charge in [-0.05, 0) is 45.0 Å². The van der Waals surface area contributed by atoms with Gasteiger partial charge in [0.25, 0.3) is 0 Å². The summed E-state index contributed by atoms with van der Waals surface area (Å²) < 4.78 is 7.89. The third kappa shape index (κ3) is 3.84. The Hall–Kier alpha value is -1.81. The molecule has 108 valence electrons. The summed E-state index contributed by atoms with van der Waals surface area (Å²) in [7, 11) is 1.99. The normalized spacial score (nSPS) is 12.3. The summed E-state index contributed by atoms with van der Waals surface area (Å²) in [6.45, 7) is 5.75. The van der Waals surface area contributed by atoms with E-state index in [9.17, 15) is 0 Å². The molecule has 1 N–H and O–H groups in total. The summed E-state index contributed by atoms with van der Waals surface area (Å²) >= 11 is 0. The van der Waals surface area contributed by atoms with Crippen LogP contribution in [0.15, 0.2) is 36.8 Å². The molecule has 20 heavy (non-hydrogen) atoms. The highest BCUT2D eigenvalue weighted by Crippen LogP contribution is 2.15. The number of nitrogens with one attached hydrogen (secondary N) is 1. The van der Waals surface area contributed by atoms with Crippen LogP contribution in [-0.2, 0) is 19.6 Å². The van der Waals surface area contributed by atoms with Gasteiger partial charge in [-0.1, -0.05) is 12.1 Å². The summed E-state index contributed by atoms with van der Waals surface area (Å²) in [5.74, 6) is 0.898. The zero-order chi connectivity index (χ0) is 14.4. The van der Waals surface area contributed by atoms with Crippen LogP contribution in [0, 0.1) is 0 Å². The van der Waals surface area contributed by atoms with Crippen LogP contribution >= 0.6 is 0 Å². The smallest absolute Gasteiger partial charge is 0.130 e. The molecule has 1 atom stereocenters. The predicted octanol–water partition coefficient (Wildman–Crippen LogP) is 2.63. The van der Waals surface area contributed by atoms with Crippen molar-refractivity contribution in [2.24, 2.45) is 0 Å². The van der Waals surface area contributed by atoms with E-state index in [1.165, 1.54) is 5.56 Å². The molecule has 0 aliphatic rings. The van der Waals surface area contributed by atoms with Gasteiger partial charge in [0, 0.05) is 12.6 Å². The molecule has 1 unspecified atom stereocenters. The fourth-order valence-corrected chi connectivity index (χ4v) is 2.09. The SMILES string of the molecule is CCn1cncc1COc1ccc(CC(C)NC)cc1. The summed E-state index contributed by atoms with van der Waals surface area (Å²) in [4.78, 5) is 4.14. The van der Waals surface area contributed by atoms with Gasteiger partial charge in [-0.3, -0.25) is 0 Å². The van der Waals surface area contributed by atoms with Gasteiger partial charge in [-0.2, -0.15) is 0 Å². The molecule has 2 rings (SSSR count). The molecule has 0 fully saturated rings. The first kappa shape index (κ1) is 14.6. The second-order valence-electron chi connectivity index (χ2n) is 5.00. The van der Waals surface area contributed by atoms with Crippen LogP contribution in [0.2, 0.25) is 0 Å². The van der Waals surface area contributed by atoms with Crippen molar-refractivity contribution in [3.63, 3.8) is 0 Å². The lowest BCUT2D eigenvalue weighted by Gasteiger charge is -2.11. The van der Waals surface area contributed by atoms with Crippen molar-refractivity contribution < 1.29 is 4.74 Å². The van der Waals surface area contributed by atoms with E-state index >= 15 is 0 Å². The van der Waals surface area contributed by atoms with Gasteiger partial charge in [0.2, 0.25) is 0 Å². The molecule has 0 spiro atoms. The highest BCUT2D eigenvalue weighted by Gasteiger charge is 2.03. The number of hydrogen-bond donors (Lipinski definition) is 1. The Kier molecular flexibility index (Phi) is 5.18. The molecule has 0 saturated heterocycles. The first-order valence-electron chi connectivity index (χ1n) is 7.11. The highest BCUT2D eigenvalue weighted by atomic mass is 16.5. The van der Waals surface area contributed by atoms with Crippen molar-refractivity contribution in [2.45, 2.75) is 39.5 Å². The van der Waals surface area contributed by atoms with E-state index in [1.807, 2.05) is 31.7 Å². The van der Waals surface area contributed by atoms with E-state index in [4.69, 9.17) is 4.74 Å². The Labute approximate surface area is 120 Å². The molecule has 1 aromatic heterocycles. The number of imidazole rings is 1. The Bertz CT molecular complexity index is 519. The summed E-state index contributed by atoms with van der Waals surface area (Å²) in [5.41, 5.74) is 2.41. The molecule has 2 aromatic rings. The van der Waals surface area contributed by atoms with Crippen LogP contribution in [0.25, 0.3) is 0 Å². The molecule has 0 radical (unpaired) electrons. The summed E-state index contributed by atoms with van der Waals surface area (Å²) in [6.07, 6.45) is 4.72. The quantitative estimate of drug-likeness (QED) is 0.843. The maximum absolute atomic E-state index is 5.80. The minimum atomic E-state index is 0.487. The average molecular weight is 273 g/mol. The maximum Gasteiger partial charge on any atom is 0.130 e. The third-order valence-corrected chi connectivity index (χ3v) is 3.48. The van der Waals surface area contributed by atoms with E-state index in [0.29, 0.717) is 12.6 Å². The minimum absolute atomic E-state index is 0.487. The van der Waals surface area contributed by atoms with Gasteiger partial charge in [-0.15, -0.1) is 0 Å². The topological polar surface area (TPSA) is 39.1 Å². The molecule has 0 bridgehead atoms. The van der Waals surface area contributed by atoms with Crippen molar-refractivity contribution in [1.29, 1.82) is 0 Å². The number of nitrogens with zero attached hydrogens (tertiary/aromatic N) is 2. The van der Waals surface area contributed by atoms with E-state index in [-0.39, 0.29) is 0 Å². The molecule has 4 heteroatoms. The minimum Gasteiger partial charge on any atom is -0.487 e. The van der Waals surface area contributed by atoms with E-state index in [0.717, 1.165) is 24.4 Å². The Morgan fingerprint density at radius 2 is 2.05 bits per heavy atom. The van der Waals surface area contributed by atoms with Crippen LogP contribution < -0.4 is 10.1 Å². The Morgan fingerprint density at radius 1 is 1.30 bits per heavy atom. The van der Waals surface area contributed by atoms with E-state index < -0.39 is 0 Å². The summed E-state index contributed by atoms with van der Waals surface area (Å²) in [5, 5.41) is 3.24. The van der Waals surface area contributed by atoms with Gasteiger partial charge < -0.3 is 14.6 Å². The molecule has 0 amide bonds. The molecule has 4 nitrogen and oxygen atoms in total. The first-order valence-corrected chi connectivity index (χ1v) is 7.11. The number of hydrogen-bond acceptors (Lipinski definition) is 3. The molecule has 1 heterocycles. The van der Waals surface area contributed by atoms with Crippen LogP contribution in [0.5, 0.6) is 5.75 Å². The van der Waals surface area contributed by atoms with Gasteiger partial charge in [0.15, 0.2) is 0 Å². The number of ether oxygens (including phenoxy) is 1. The molecule has 0 aliphatic heterocycles. The maximum atomic E-state index is 5.80. The first-order chi connectivity index (χ1) is 9.72. The van der Waals surface area contributed by atoms with Gasteiger partial charge >= 0.3 is 0 Å². The largest absolute Gasteiger partial charge is 0.487 e. The number of likely N-dealkylation sites (N-methyl/N-ethyl adjacent to an activating group) is 1. The molecule has 0 aliphatic carbocycles. The standard InChI is InChI=1S/C16H23N3O/c1-4-19-12-18-10-15(19)11-20-16-7-5-14(6-8-16)9-13(2)17-3/h5-8,10,12-13,17H,4,9,11H2,1-3H3. The molecular formula is C16H23N3O. The highest BCUT2D eigenvalue weighted by molar-refractivity contribution is 5.27. The zero-order valence-corrected chi connectivity index (χ0v) is 12.5. The fourth-order valence-electron chi connectivity index (χ4n) is 2.09. The number of aryl methyl sites for hydroxylation is 1. The van der Waals surface area contributed by atoms with Crippen molar-refractivity contribution in [2.75, 3.05) is 7.05 Å². The number of rotatable bonds is 7. The summed E-state index contributed by atoms with van der Waals surface area (Å²) in [6, 6.07) is 8.80. The van der Waals surface area contributed by atoms with Gasteiger partial charge in [0.05, 0.1) is 18.2 Å². The lowest BCUT2D eigenvalue weighted by Crippen LogP contribution is -2.23. The van der Waals surface area contributed by atoms with Crippen molar-refractivity contribution in [3.05, 3.63) is 48.0 Å². The van der Waals surface area contributed by atoms with Crippen LogP contribution in [0.3, 0.4) is 0 Å². The van der Waals surface area contributed by atoms with Crippen molar-refractivity contribution in [3.8, 4) is 5.75 Å². The van der Waals surface area contributed by atoms with Crippen LogP contribution in [0.4, 0.5) is 0 Å². The second-order valence-corrected chi connectivity index (χ2v) is 5.00.